The second-order valence-electron chi connectivity index (χ2n) is 7.13. The van der Waals surface area contributed by atoms with E-state index in [1.54, 1.807) is 0 Å². The van der Waals surface area contributed by atoms with Gasteiger partial charge in [-0.15, -0.1) is 0 Å². The van der Waals surface area contributed by atoms with Gasteiger partial charge in [-0.3, -0.25) is 0 Å². The summed E-state index contributed by atoms with van der Waals surface area (Å²) in [5.41, 5.74) is 7.32. The first-order valence-electron chi connectivity index (χ1n) is 9.74. The number of hydrogen-bond donors (Lipinski definition) is 0. The highest BCUT2D eigenvalue weighted by atomic mass is 35.5. The summed E-state index contributed by atoms with van der Waals surface area (Å²) >= 11 is 6.15. The lowest BCUT2D eigenvalue weighted by molar-refractivity contribution is 1.61. The number of benzene rings is 5. The molecule has 0 heterocycles. The average Bonchev–Trinajstić information content (AvgIpc) is 2.80. The topological polar surface area (TPSA) is 0 Å². The van der Waals surface area contributed by atoms with Gasteiger partial charge >= 0.3 is 0 Å². The van der Waals surface area contributed by atoms with E-state index in [1.807, 2.05) is 12.1 Å². The Morgan fingerprint density at radius 2 is 0.897 bits per heavy atom. The fourth-order valence-corrected chi connectivity index (χ4v) is 4.13. The molecule has 0 unspecified atom stereocenters. The van der Waals surface area contributed by atoms with Crippen LogP contribution in [0.2, 0.25) is 5.02 Å². The Hall–Kier alpha value is -3.35. The van der Waals surface area contributed by atoms with Crippen LogP contribution in [0, 0.1) is 0 Å². The summed E-state index contributed by atoms with van der Waals surface area (Å²) in [7, 11) is 0. The van der Waals surface area contributed by atoms with Crippen molar-refractivity contribution in [3.8, 4) is 33.4 Å². The first kappa shape index (κ1) is 17.7. The van der Waals surface area contributed by atoms with Crippen molar-refractivity contribution in [2.24, 2.45) is 0 Å². The summed E-state index contributed by atoms with van der Waals surface area (Å²) in [6.45, 7) is 0. The van der Waals surface area contributed by atoms with Gasteiger partial charge in [-0.05, 0) is 56.3 Å². The molecule has 0 saturated heterocycles. The molecule has 5 aromatic carbocycles. The van der Waals surface area contributed by atoms with Crippen LogP contribution in [0.3, 0.4) is 0 Å². The molecule has 1 heteroatoms. The lowest BCUT2D eigenvalue weighted by atomic mass is 9.87. The Labute approximate surface area is 176 Å². The van der Waals surface area contributed by atoms with E-state index >= 15 is 0 Å². The monoisotopic (exact) mass is 390 g/mol. The highest BCUT2D eigenvalue weighted by Crippen LogP contribution is 2.41. The molecule has 0 bridgehead atoms. The molecule has 5 aromatic rings. The van der Waals surface area contributed by atoms with Crippen molar-refractivity contribution in [1.29, 1.82) is 0 Å². The summed E-state index contributed by atoms with van der Waals surface area (Å²) in [6, 6.07) is 40.4. The van der Waals surface area contributed by atoms with Gasteiger partial charge in [-0.25, -0.2) is 0 Å². The predicted molar refractivity (Wildman–Crippen MR) is 125 cm³/mol. The lowest BCUT2D eigenvalue weighted by Crippen LogP contribution is -1.89. The highest BCUT2D eigenvalue weighted by Gasteiger charge is 2.14. The van der Waals surface area contributed by atoms with Crippen molar-refractivity contribution in [1.82, 2.24) is 0 Å². The maximum atomic E-state index is 6.15. The van der Waals surface area contributed by atoms with Gasteiger partial charge in [0.1, 0.15) is 0 Å². The van der Waals surface area contributed by atoms with Crippen molar-refractivity contribution in [2.75, 3.05) is 0 Å². The van der Waals surface area contributed by atoms with E-state index in [-0.39, 0.29) is 0 Å². The molecule has 0 fully saturated rings. The average molecular weight is 391 g/mol. The predicted octanol–water partition coefficient (Wildman–Crippen LogP) is 8.49. The molecule has 0 aliphatic rings. The molecule has 0 amide bonds. The number of hydrogen-bond acceptors (Lipinski definition) is 0. The molecule has 0 spiro atoms. The largest absolute Gasteiger partial charge is 0.0843 e. The Bertz CT molecular complexity index is 1270. The summed E-state index contributed by atoms with van der Waals surface area (Å²) in [6.07, 6.45) is 0. The van der Waals surface area contributed by atoms with Gasteiger partial charge in [0, 0.05) is 5.02 Å². The summed E-state index contributed by atoms with van der Waals surface area (Å²) in [5, 5.41) is 3.27. The first-order valence-corrected chi connectivity index (χ1v) is 10.1. The van der Waals surface area contributed by atoms with Crippen LogP contribution in [0.25, 0.3) is 44.2 Å². The molecular formula is C28H19Cl. The van der Waals surface area contributed by atoms with Crippen LogP contribution in [0.1, 0.15) is 0 Å². The van der Waals surface area contributed by atoms with Crippen molar-refractivity contribution >= 4 is 22.4 Å². The zero-order valence-corrected chi connectivity index (χ0v) is 16.6. The summed E-state index contributed by atoms with van der Waals surface area (Å²) in [4.78, 5) is 0. The van der Waals surface area contributed by atoms with Crippen LogP contribution in [-0.2, 0) is 0 Å². The van der Waals surface area contributed by atoms with E-state index in [9.17, 15) is 0 Å². The normalized spacial score (nSPS) is 10.9. The minimum absolute atomic E-state index is 0.752. The third kappa shape index (κ3) is 3.33. The summed E-state index contributed by atoms with van der Waals surface area (Å²) < 4.78 is 0. The van der Waals surface area contributed by atoms with Crippen LogP contribution in [0.15, 0.2) is 115 Å². The molecule has 0 nitrogen and oxygen atoms in total. The molecule has 0 atom stereocenters. The van der Waals surface area contributed by atoms with E-state index < -0.39 is 0 Å². The maximum absolute atomic E-state index is 6.15. The van der Waals surface area contributed by atoms with Crippen LogP contribution in [-0.4, -0.2) is 0 Å². The Morgan fingerprint density at radius 3 is 1.55 bits per heavy atom. The smallest absolute Gasteiger partial charge is 0.0406 e. The third-order valence-electron chi connectivity index (χ3n) is 5.37. The van der Waals surface area contributed by atoms with Gasteiger partial charge in [0.25, 0.3) is 0 Å². The molecule has 0 N–H and O–H groups in total. The van der Waals surface area contributed by atoms with Gasteiger partial charge in [0.15, 0.2) is 0 Å². The van der Waals surface area contributed by atoms with E-state index in [2.05, 4.69) is 103 Å². The standard InChI is InChI=1S/C28H19Cl/c29-23-16-14-22(15-17-23)25-12-7-13-27-24(20-8-3-1-4-9-20)18-19-26(28(25)27)21-10-5-2-6-11-21/h1-19H. The van der Waals surface area contributed by atoms with Crippen molar-refractivity contribution in [3.05, 3.63) is 120 Å². The van der Waals surface area contributed by atoms with Gasteiger partial charge < -0.3 is 0 Å². The quantitative estimate of drug-likeness (QED) is 0.289. The molecule has 138 valence electrons. The fourth-order valence-electron chi connectivity index (χ4n) is 4.00. The number of fused-ring (bicyclic) bond motifs is 1. The van der Waals surface area contributed by atoms with Crippen LogP contribution in [0.5, 0.6) is 0 Å². The minimum Gasteiger partial charge on any atom is -0.0843 e. The van der Waals surface area contributed by atoms with Gasteiger partial charge in [-0.2, -0.15) is 0 Å². The zero-order valence-electron chi connectivity index (χ0n) is 15.8. The van der Waals surface area contributed by atoms with Crippen LogP contribution in [0.4, 0.5) is 0 Å². The molecular weight excluding hydrogens is 372 g/mol. The van der Waals surface area contributed by atoms with Crippen molar-refractivity contribution < 1.29 is 0 Å². The van der Waals surface area contributed by atoms with E-state index in [1.165, 1.54) is 44.2 Å². The SMILES string of the molecule is Clc1ccc(-c2cccc3c(-c4ccccc4)ccc(-c4ccccc4)c23)cc1. The highest BCUT2D eigenvalue weighted by molar-refractivity contribution is 6.30. The van der Waals surface area contributed by atoms with E-state index in [4.69, 9.17) is 11.6 Å². The molecule has 0 aliphatic carbocycles. The fraction of sp³-hybridized carbons (Fsp3) is 0. The Balaban J connectivity index is 1.87. The maximum Gasteiger partial charge on any atom is 0.0406 e. The molecule has 5 rings (SSSR count). The van der Waals surface area contributed by atoms with Crippen molar-refractivity contribution in [3.63, 3.8) is 0 Å². The van der Waals surface area contributed by atoms with Gasteiger partial charge in [0.2, 0.25) is 0 Å². The first-order chi connectivity index (χ1) is 14.3. The second-order valence-corrected chi connectivity index (χ2v) is 7.56. The Morgan fingerprint density at radius 1 is 0.379 bits per heavy atom. The Kier molecular flexibility index (Phi) is 4.63. The zero-order chi connectivity index (χ0) is 19.6. The van der Waals surface area contributed by atoms with Crippen LogP contribution < -0.4 is 0 Å². The molecule has 0 aliphatic heterocycles. The van der Waals surface area contributed by atoms with E-state index in [0.29, 0.717) is 0 Å². The van der Waals surface area contributed by atoms with Gasteiger partial charge in [-0.1, -0.05) is 115 Å². The summed E-state index contributed by atoms with van der Waals surface area (Å²) in [5.74, 6) is 0. The molecule has 29 heavy (non-hydrogen) atoms. The molecule has 0 aromatic heterocycles. The van der Waals surface area contributed by atoms with E-state index in [0.717, 1.165) is 5.02 Å². The van der Waals surface area contributed by atoms with Crippen molar-refractivity contribution in [2.45, 2.75) is 0 Å². The lowest BCUT2D eigenvalue weighted by Gasteiger charge is -2.16. The third-order valence-corrected chi connectivity index (χ3v) is 5.62. The number of halogens is 1. The minimum atomic E-state index is 0.752. The van der Waals surface area contributed by atoms with Crippen LogP contribution >= 0.6 is 11.6 Å². The number of rotatable bonds is 3. The van der Waals surface area contributed by atoms with Gasteiger partial charge in [0.05, 0.1) is 0 Å². The second kappa shape index (κ2) is 7.58. The molecule has 0 radical (unpaired) electrons. The molecule has 0 saturated carbocycles.